The lowest BCUT2D eigenvalue weighted by Crippen LogP contribution is -2.38. The van der Waals surface area contributed by atoms with Crippen molar-refractivity contribution in [2.24, 2.45) is 5.41 Å². The molecule has 1 aromatic rings. The highest BCUT2D eigenvalue weighted by Crippen LogP contribution is 2.46. The van der Waals surface area contributed by atoms with E-state index in [0.717, 1.165) is 24.1 Å². The van der Waals surface area contributed by atoms with E-state index in [0.29, 0.717) is 36.5 Å². The molecule has 0 unspecified atom stereocenters. The predicted molar refractivity (Wildman–Crippen MR) is 114 cm³/mol. The molecule has 0 saturated carbocycles. The van der Waals surface area contributed by atoms with Gasteiger partial charge < -0.3 is 19.9 Å². The van der Waals surface area contributed by atoms with E-state index in [1.54, 1.807) is 24.3 Å². The third kappa shape index (κ3) is 4.75. The lowest BCUT2D eigenvalue weighted by molar-refractivity contribution is -0.141. The molecule has 2 aliphatic rings. The first kappa shape index (κ1) is 22.1. The van der Waals surface area contributed by atoms with Crippen LogP contribution in [0, 0.1) is 5.41 Å². The van der Waals surface area contributed by atoms with Crippen LogP contribution in [0.4, 0.5) is 0 Å². The van der Waals surface area contributed by atoms with Gasteiger partial charge in [-0.15, -0.1) is 0 Å². The van der Waals surface area contributed by atoms with Gasteiger partial charge in [-0.2, -0.15) is 0 Å². The number of Topliss-reactive ketones (excluding diaryl/α,β-unsaturated/α-hetero) is 1. The average Bonchev–Trinajstić information content (AvgIpc) is 2.66. The largest absolute Gasteiger partial charge is 0.508 e. The molecule has 1 aliphatic heterocycles. The quantitative estimate of drug-likeness (QED) is 0.520. The van der Waals surface area contributed by atoms with E-state index in [1.807, 2.05) is 13.8 Å². The molecular weight excluding hydrogens is 382 g/mol. The van der Waals surface area contributed by atoms with Gasteiger partial charge in [-0.3, -0.25) is 4.79 Å². The minimum absolute atomic E-state index is 0.0379. The highest BCUT2D eigenvalue weighted by molar-refractivity contribution is 6.04. The molecule has 1 atom stereocenters. The zero-order chi connectivity index (χ0) is 21.9. The van der Waals surface area contributed by atoms with Gasteiger partial charge >= 0.3 is 5.97 Å². The summed E-state index contributed by atoms with van der Waals surface area (Å²) in [6, 6.07) is 6.67. The molecule has 0 amide bonds. The minimum atomic E-state index is -0.519. The van der Waals surface area contributed by atoms with Crippen LogP contribution in [0.2, 0.25) is 0 Å². The fourth-order valence-corrected chi connectivity index (χ4v) is 4.22. The summed E-state index contributed by atoms with van der Waals surface area (Å²) in [6.45, 7) is 9.13. The lowest BCUT2D eigenvalue weighted by Gasteiger charge is -2.39. The number of ketones is 1. The first-order valence-electron chi connectivity index (χ1n) is 10.5. The van der Waals surface area contributed by atoms with Gasteiger partial charge in [-0.25, -0.2) is 4.79 Å². The first-order chi connectivity index (χ1) is 14.2. The highest BCUT2D eigenvalue weighted by atomic mass is 16.6. The Balaban J connectivity index is 1.95. The Hall–Kier alpha value is -2.60. The van der Waals surface area contributed by atoms with Gasteiger partial charge in [0.15, 0.2) is 5.78 Å². The van der Waals surface area contributed by atoms with Crippen LogP contribution in [0.25, 0.3) is 0 Å². The molecule has 0 radical (unpaired) electrons. The van der Waals surface area contributed by atoms with Crippen LogP contribution in [0.15, 0.2) is 46.8 Å². The number of dihydropyridines is 1. The Morgan fingerprint density at radius 2 is 1.87 bits per heavy atom. The monoisotopic (exact) mass is 413 g/mol. The summed E-state index contributed by atoms with van der Waals surface area (Å²) in [5.74, 6) is -0.802. The molecule has 0 spiro atoms. The third-order valence-corrected chi connectivity index (χ3v) is 5.50. The number of benzene rings is 1. The number of ether oxygens (including phenoxy) is 2. The normalized spacial score (nSPS) is 20.7. The SMILES string of the molecule is CCCOCCOC(=O)C1=C(C)NC2=C(C(=O)CC(C)(C)C2)[C@@H]1c1ccc(O)cc1. The van der Waals surface area contributed by atoms with Crippen molar-refractivity contribution in [2.75, 3.05) is 19.8 Å². The average molecular weight is 414 g/mol. The summed E-state index contributed by atoms with van der Waals surface area (Å²) in [5.41, 5.74) is 3.26. The van der Waals surface area contributed by atoms with Crippen LogP contribution in [-0.4, -0.2) is 36.7 Å². The number of hydrogen-bond donors (Lipinski definition) is 2. The molecule has 2 N–H and O–H groups in total. The number of carbonyl (C=O) groups is 2. The number of rotatable bonds is 7. The second-order valence-corrected chi connectivity index (χ2v) is 8.77. The molecule has 0 saturated heterocycles. The van der Waals surface area contributed by atoms with E-state index < -0.39 is 11.9 Å². The summed E-state index contributed by atoms with van der Waals surface area (Å²) >= 11 is 0. The number of nitrogens with one attached hydrogen (secondary N) is 1. The smallest absolute Gasteiger partial charge is 0.336 e. The van der Waals surface area contributed by atoms with Crippen LogP contribution in [-0.2, 0) is 19.1 Å². The van der Waals surface area contributed by atoms with Crippen molar-refractivity contribution in [3.63, 3.8) is 0 Å². The fourth-order valence-electron chi connectivity index (χ4n) is 4.22. The van der Waals surface area contributed by atoms with Gasteiger partial charge in [0.1, 0.15) is 12.4 Å². The van der Waals surface area contributed by atoms with Crippen molar-refractivity contribution in [1.82, 2.24) is 5.32 Å². The van der Waals surface area contributed by atoms with Gasteiger partial charge in [-0.05, 0) is 42.9 Å². The minimum Gasteiger partial charge on any atom is -0.508 e. The lowest BCUT2D eigenvalue weighted by atomic mass is 9.68. The second-order valence-electron chi connectivity index (χ2n) is 8.77. The van der Waals surface area contributed by atoms with Crippen molar-refractivity contribution in [1.29, 1.82) is 0 Å². The van der Waals surface area contributed by atoms with Crippen LogP contribution in [0.3, 0.4) is 0 Å². The summed E-state index contributed by atoms with van der Waals surface area (Å²) in [5, 5.41) is 13.0. The van der Waals surface area contributed by atoms with Crippen LogP contribution >= 0.6 is 0 Å². The number of esters is 1. The summed E-state index contributed by atoms with van der Waals surface area (Å²) in [7, 11) is 0. The van der Waals surface area contributed by atoms with Gasteiger partial charge in [0.2, 0.25) is 0 Å². The van der Waals surface area contributed by atoms with Gasteiger partial charge in [-0.1, -0.05) is 32.9 Å². The summed E-state index contributed by atoms with van der Waals surface area (Å²) in [4.78, 5) is 26.2. The molecule has 6 nitrogen and oxygen atoms in total. The maximum atomic E-state index is 13.2. The molecule has 162 valence electrons. The topological polar surface area (TPSA) is 84.9 Å². The standard InChI is InChI=1S/C24H31NO5/c1-5-10-29-11-12-30-23(28)20-15(2)25-18-13-24(3,4)14-19(27)22(18)21(20)16-6-8-17(26)9-7-16/h6-9,21,25-26H,5,10-14H2,1-4H3/t21-/m1/s1. The fraction of sp³-hybridized carbons (Fsp3) is 0.500. The Morgan fingerprint density at radius 3 is 2.53 bits per heavy atom. The molecule has 1 aliphatic carbocycles. The molecule has 30 heavy (non-hydrogen) atoms. The van der Waals surface area contributed by atoms with E-state index in [4.69, 9.17) is 9.47 Å². The van der Waals surface area contributed by atoms with Gasteiger partial charge in [0.25, 0.3) is 0 Å². The first-order valence-corrected chi connectivity index (χ1v) is 10.5. The molecule has 1 aromatic carbocycles. The molecule has 1 heterocycles. The second kappa shape index (κ2) is 9.04. The van der Waals surface area contributed by atoms with E-state index in [9.17, 15) is 14.7 Å². The number of phenols is 1. The van der Waals surface area contributed by atoms with E-state index >= 15 is 0 Å². The predicted octanol–water partition coefficient (Wildman–Crippen LogP) is 3.97. The molecule has 0 fully saturated rings. The van der Waals surface area contributed by atoms with Gasteiger partial charge in [0, 0.05) is 35.9 Å². The summed E-state index contributed by atoms with van der Waals surface area (Å²) in [6.07, 6.45) is 2.06. The Kier molecular flexibility index (Phi) is 6.66. The summed E-state index contributed by atoms with van der Waals surface area (Å²) < 4.78 is 10.9. The van der Waals surface area contributed by atoms with Crippen LogP contribution < -0.4 is 5.32 Å². The van der Waals surface area contributed by atoms with Crippen molar-refractivity contribution < 1.29 is 24.2 Å². The Labute approximate surface area is 178 Å². The molecular formula is C24H31NO5. The zero-order valence-electron chi connectivity index (χ0n) is 18.2. The van der Waals surface area contributed by atoms with Crippen molar-refractivity contribution >= 4 is 11.8 Å². The maximum absolute atomic E-state index is 13.2. The van der Waals surface area contributed by atoms with Crippen LogP contribution in [0.5, 0.6) is 5.75 Å². The number of allylic oxidation sites excluding steroid dienone is 3. The van der Waals surface area contributed by atoms with Crippen LogP contribution in [0.1, 0.15) is 58.4 Å². The number of hydrogen-bond acceptors (Lipinski definition) is 6. The number of carbonyl (C=O) groups excluding carboxylic acids is 2. The molecule has 6 heteroatoms. The Morgan fingerprint density at radius 1 is 1.17 bits per heavy atom. The zero-order valence-corrected chi connectivity index (χ0v) is 18.2. The van der Waals surface area contributed by atoms with E-state index in [1.165, 1.54) is 0 Å². The number of phenolic OH excluding ortho intramolecular Hbond substituents is 1. The number of aromatic hydroxyl groups is 1. The van der Waals surface area contributed by atoms with Crippen molar-refractivity contribution in [3.05, 3.63) is 52.4 Å². The van der Waals surface area contributed by atoms with Crippen molar-refractivity contribution in [3.8, 4) is 5.75 Å². The molecule has 0 aromatic heterocycles. The van der Waals surface area contributed by atoms with Gasteiger partial charge in [0.05, 0.1) is 12.2 Å². The molecule has 3 rings (SSSR count). The molecule has 0 bridgehead atoms. The van der Waals surface area contributed by atoms with E-state index in [-0.39, 0.29) is 23.6 Å². The van der Waals surface area contributed by atoms with Crippen molar-refractivity contribution in [2.45, 2.75) is 52.9 Å². The maximum Gasteiger partial charge on any atom is 0.336 e. The highest BCUT2D eigenvalue weighted by Gasteiger charge is 2.43. The Bertz CT molecular complexity index is 879. The van der Waals surface area contributed by atoms with E-state index in [2.05, 4.69) is 19.2 Å². The third-order valence-electron chi connectivity index (χ3n) is 5.50.